The number of thioether (sulfide) groups is 1. The van der Waals surface area contributed by atoms with E-state index in [4.69, 9.17) is 17.3 Å². The van der Waals surface area contributed by atoms with Crippen LogP contribution in [0.2, 0.25) is 0 Å². The van der Waals surface area contributed by atoms with Gasteiger partial charge in [0.2, 0.25) is 0 Å². The van der Waals surface area contributed by atoms with Crippen LogP contribution in [0.4, 0.5) is 0 Å². The maximum atomic E-state index is 12.8. The largest absolute Gasteiger partial charge is 0.481 e. The molecule has 1 N–H and O–H groups in total. The van der Waals surface area contributed by atoms with Gasteiger partial charge in [-0.3, -0.25) is 14.5 Å². The van der Waals surface area contributed by atoms with Gasteiger partial charge in [-0.15, -0.1) is 0 Å². The second-order valence-electron chi connectivity index (χ2n) is 9.17. The number of hydrogen-bond acceptors (Lipinski definition) is 4. The summed E-state index contributed by atoms with van der Waals surface area (Å²) in [4.78, 5) is 25.6. The Hall–Kier alpha value is -1.66. The van der Waals surface area contributed by atoms with Crippen LogP contribution in [-0.4, -0.2) is 32.7 Å². The first-order valence-electron chi connectivity index (χ1n) is 9.42. The Bertz CT molecular complexity index is 797. The van der Waals surface area contributed by atoms with Gasteiger partial charge in [0.1, 0.15) is 4.32 Å². The topological polar surface area (TPSA) is 57.6 Å². The van der Waals surface area contributed by atoms with Crippen molar-refractivity contribution in [2.24, 2.45) is 0 Å². The van der Waals surface area contributed by atoms with Gasteiger partial charge in [-0.1, -0.05) is 83.7 Å². The van der Waals surface area contributed by atoms with Crippen LogP contribution >= 0.6 is 24.0 Å². The summed E-state index contributed by atoms with van der Waals surface area (Å²) in [5.41, 5.74) is 3.44. The van der Waals surface area contributed by atoms with Gasteiger partial charge < -0.3 is 5.11 Å². The molecule has 28 heavy (non-hydrogen) atoms. The third kappa shape index (κ3) is 5.67. The molecular formula is C22H29NO3S2. The van der Waals surface area contributed by atoms with Gasteiger partial charge in [-0.05, 0) is 40.0 Å². The van der Waals surface area contributed by atoms with E-state index in [-0.39, 0.29) is 23.2 Å². The molecular weight excluding hydrogens is 390 g/mol. The fourth-order valence-electron chi connectivity index (χ4n) is 2.83. The normalized spacial score (nSPS) is 16.9. The van der Waals surface area contributed by atoms with Crippen molar-refractivity contribution in [3.05, 3.63) is 39.8 Å². The molecule has 0 saturated carbocycles. The molecule has 0 radical (unpaired) electrons. The highest BCUT2D eigenvalue weighted by Crippen LogP contribution is 2.35. The summed E-state index contributed by atoms with van der Waals surface area (Å²) in [5.74, 6) is -1.01. The molecule has 1 saturated heterocycles. The minimum atomic E-state index is -0.866. The van der Waals surface area contributed by atoms with Gasteiger partial charge in [0.05, 0.1) is 4.91 Å². The summed E-state index contributed by atoms with van der Waals surface area (Å²) in [6, 6.07) is 6.51. The smallest absolute Gasteiger partial charge is 0.303 e. The molecule has 152 valence electrons. The zero-order valence-corrected chi connectivity index (χ0v) is 19.1. The number of thiocarbonyl (C=S) groups is 1. The summed E-state index contributed by atoms with van der Waals surface area (Å²) in [5, 5.41) is 8.80. The van der Waals surface area contributed by atoms with E-state index in [0.29, 0.717) is 22.2 Å². The lowest BCUT2D eigenvalue weighted by Gasteiger charge is -2.25. The van der Waals surface area contributed by atoms with Gasteiger partial charge in [-0.25, -0.2) is 0 Å². The Labute approximate surface area is 177 Å². The average molecular weight is 420 g/mol. The Morgan fingerprint density at radius 3 is 2.11 bits per heavy atom. The van der Waals surface area contributed by atoms with Gasteiger partial charge in [0, 0.05) is 13.0 Å². The molecule has 1 amide bonds. The first-order valence-corrected chi connectivity index (χ1v) is 10.6. The monoisotopic (exact) mass is 419 g/mol. The van der Waals surface area contributed by atoms with Crippen molar-refractivity contribution in [1.29, 1.82) is 0 Å². The van der Waals surface area contributed by atoms with Crippen molar-refractivity contribution in [3.8, 4) is 0 Å². The summed E-state index contributed by atoms with van der Waals surface area (Å²) in [7, 11) is 0. The molecule has 1 aromatic carbocycles. The number of aliphatic carboxylic acids is 1. The molecule has 1 heterocycles. The lowest BCUT2D eigenvalue weighted by Crippen LogP contribution is -2.29. The van der Waals surface area contributed by atoms with Crippen molar-refractivity contribution >= 4 is 46.3 Å². The summed E-state index contributed by atoms with van der Waals surface area (Å²) in [6.45, 7) is 13.4. The summed E-state index contributed by atoms with van der Waals surface area (Å²) in [6.07, 6.45) is 2.32. The highest BCUT2D eigenvalue weighted by atomic mass is 32.2. The number of carboxylic acid groups (broad SMARTS) is 1. The van der Waals surface area contributed by atoms with Gasteiger partial charge in [-0.2, -0.15) is 0 Å². The van der Waals surface area contributed by atoms with Crippen molar-refractivity contribution in [1.82, 2.24) is 4.90 Å². The van der Waals surface area contributed by atoms with Gasteiger partial charge >= 0.3 is 5.97 Å². The quantitative estimate of drug-likeness (QED) is 0.515. The molecule has 4 nitrogen and oxygen atoms in total. The number of rotatable bonds is 5. The number of benzene rings is 1. The number of amides is 1. The van der Waals surface area contributed by atoms with Crippen LogP contribution < -0.4 is 0 Å². The lowest BCUT2D eigenvalue weighted by atomic mass is 9.79. The van der Waals surface area contributed by atoms with Crippen LogP contribution in [0.5, 0.6) is 0 Å². The lowest BCUT2D eigenvalue weighted by molar-refractivity contribution is -0.137. The standard InChI is InChI=1S/C22H29NO3S2/c1-21(2,3)15-10-14(11-16(13-15)22(4,5)6)12-17-19(26)23(20(27)28-17)9-7-8-18(24)25/h10-13H,7-9H2,1-6H3,(H,24,25). The molecule has 0 aliphatic carbocycles. The highest BCUT2D eigenvalue weighted by molar-refractivity contribution is 8.26. The van der Waals surface area contributed by atoms with Crippen molar-refractivity contribution < 1.29 is 14.7 Å². The molecule has 2 rings (SSSR count). The van der Waals surface area contributed by atoms with E-state index >= 15 is 0 Å². The Morgan fingerprint density at radius 1 is 1.11 bits per heavy atom. The number of hydrogen-bond donors (Lipinski definition) is 1. The zero-order valence-electron chi connectivity index (χ0n) is 17.5. The molecule has 1 aliphatic heterocycles. The molecule has 0 aromatic heterocycles. The summed E-state index contributed by atoms with van der Waals surface area (Å²) >= 11 is 6.62. The maximum absolute atomic E-state index is 12.8. The zero-order chi connectivity index (χ0) is 21.3. The van der Waals surface area contributed by atoms with E-state index in [1.807, 2.05) is 6.08 Å². The van der Waals surface area contributed by atoms with Crippen LogP contribution in [0.15, 0.2) is 23.1 Å². The minimum absolute atomic E-state index is 0.000483. The Balaban J connectivity index is 2.35. The molecule has 0 atom stereocenters. The molecule has 0 spiro atoms. The van der Waals surface area contributed by atoms with Crippen LogP contribution in [-0.2, 0) is 20.4 Å². The Kier molecular flexibility index (Phi) is 6.77. The predicted octanol–water partition coefficient (Wildman–Crippen LogP) is 5.35. The molecule has 1 aliphatic rings. The number of carboxylic acids is 1. The first-order chi connectivity index (χ1) is 12.8. The van der Waals surface area contributed by atoms with E-state index < -0.39 is 5.97 Å². The molecule has 1 fully saturated rings. The van der Waals surface area contributed by atoms with E-state index in [9.17, 15) is 9.59 Å². The number of carbonyl (C=O) groups is 2. The van der Waals surface area contributed by atoms with Gasteiger partial charge in [0.25, 0.3) is 5.91 Å². The van der Waals surface area contributed by atoms with Crippen molar-refractivity contribution in [2.75, 3.05) is 6.54 Å². The van der Waals surface area contributed by atoms with E-state index in [0.717, 1.165) is 5.56 Å². The second kappa shape index (κ2) is 8.37. The predicted molar refractivity (Wildman–Crippen MR) is 121 cm³/mol. The van der Waals surface area contributed by atoms with E-state index in [1.54, 1.807) is 0 Å². The van der Waals surface area contributed by atoms with Gasteiger partial charge in [0.15, 0.2) is 0 Å². The fourth-order valence-corrected chi connectivity index (χ4v) is 4.14. The van der Waals surface area contributed by atoms with Crippen LogP contribution in [0.1, 0.15) is 71.1 Å². The fraction of sp³-hybridized carbons (Fsp3) is 0.500. The minimum Gasteiger partial charge on any atom is -0.481 e. The van der Waals surface area contributed by atoms with E-state index in [2.05, 4.69) is 59.7 Å². The third-order valence-electron chi connectivity index (χ3n) is 4.63. The van der Waals surface area contributed by atoms with Crippen LogP contribution in [0.25, 0.3) is 6.08 Å². The molecule has 1 aromatic rings. The number of carbonyl (C=O) groups excluding carboxylic acids is 1. The second-order valence-corrected chi connectivity index (χ2v) is 10.9. The Morgan fingerprint density at radius 2 is 1.64 bits per heavy atom. The van der Waals surface area contributed by atoms with Crippen molar-refractivity contribution in [2.45, 2.75) is 65.2 Å². The SMILES string of the molecule is CC(C)(C)c1cc(C=C2SC(=S)N(CCCC(=O)O)C2=O)cc(C(C)(C)C)c1. The first kappa shape index (κ1) is 22.6. The third-order valence-corrected chi connectivity index (χ3v) is 6.01. The summed E-state index contributed by atoms with van der Waals surface area (Å²) < 4.78 is 0.490. The maximum Gasteiger partial charge on any atom is 0.303 e. The molecule has 0 bridgehead atoms. The molecule has 6 heteroatoms. The van der Waals surface area contributed by atoms with Crippen LogP contribution in [0, 0.1) is 0 Å². The molecule has 0 unspecified atom stereocenters. The average Bonchev–Trinajstić information content (AvgIpc) is 2.80. The van der Waals surface area contributed by atoms with Crippen molar-refractivity contribution in [3.63, 3.8) is 0 Å². The van der Waals surface area contributed by atoms with E-state index in [1.165, 1.54) is 27.8 Å². The highest BCUT2D eigenvalue weighted by Gasteiger charge is 2.32. The number of nitrogens with zero attached hydrogens (tertiary/aromatic N) is 1. The van der Waals surface area contributed by atoms with Crippen LogP contribution in [0.3, 0.4) is 0 Å².